The van der Waals surface area contributed by atoms with Gasteiger partial charge in [-0.2, -0.15) is 0 Å². The maximum Gasteiger partial charge on any atom is 0.264 e. The van der Waals surface area contributed by atoms with E-state index < -0.39 is 28.5 Å². The first-order chi connectivity index (χ1) is 20.7. The second-order valence-corrected chi connectivity index (χ2v) is 12.6. The number of nitrogens with one attached hydrogen (secondary N) is 1. The lowest BCUT2D eigenvalue weighted by Crippen LogP contribution is -2.53. The zero-order chi connectivity index (χ0) is 30.8. The number of hydrogen-bond donors (Lipinski definition) is 1. The van der Waals surface area contributed by atoms with Gasteiger partial charge in [0.2, 0.25) is 11.8 Å². The number of hydrogen-bond acceptors (Lipinski definition) is 4. The van der Waals surface area contributed by atoms with Gasteiger partial charge >= 0.3 is 0 Å². The maximum atomic E-state index is 14.4. The zero-order valence-corrected chi connectivity index (χ0v) is 25.9. The summed E-state index contributed by atoms with van der Waals surface area (Å²) in [6.45, 7) is 3.75. The van der Waals surface area contributed by atoms with Crippen LogP contribution in [0.5, 0.6) is 0 Å². The summed E-state index contributed by atoms with van der Waals surface area (Å²) in [5.74, 6) is -0.829. The molecule has 0 heterocycles. The first-order valence-electron chi connectivity index (χ1n) is 14.2. The maximum absolute atomic E-state index is 14.4. The molecule has 0 saturated carbocycles. The van der Waals surface area contributed by atoms with Gasteiger partial charge in [-0.25, -0.2) is 8.42 Å². The second kappa shape index (κ2) is 14.8. The first-order valence-corrected chi connectivity index (χ1v) is 16.0. The minimum atomic E-state index is -4.14. The lowest BCUT2D eigenvalue weighted by Gasteiger charge is -2.34. The predicted molar refractivity (Wildman–Crippen MR) is 171 cm³/mol. The highest BCUT2D eigenvalue weighted by Gasteiger charge is 2.34. The molecule has 9 heteroatoms. The zero-order valence-electron chi connectivity index (χ0n) is 24.3. The number of aryl methyl sites for hydroxylation is 1. The quantitative estimate of drug-likeness (QED) is 0.199. The Labute approximate surface area is 259 Å². The van der Waals surface area contributed by atoms with E-state index in [-0.39, 0.29) is 23.8 Å². The first kappa shape index (κ1) is 31.8. The summed E-state index contributed by atoms with van der Waals surface area (Å²) >= 11 is 6.29. The highest BCUT2D eigenvalue weighted by molar-refractivity contribution is 7.92. The van der Waals surface area contributed by atoms with Crippen LogP contribution in [0.25, 0.3) is 0 Å². The van der Waals surface area contributed by atoms with Crippen LogP contribution in [-0.2, 0) is 32.6 Å². The largest absolute Gasteiger partial charge is 0.354 e. The standard InChI is InChI=1S/C34H36ClN3O4S/c1-3-21-36-34(40)32(23-27-14-6-4-7-15-27)37(24-28-16-12-17-29(35)22-28)33(39)25-38(31-20-11-10-13-26(31)2)43(41,42)30-18-8-5-9-19-30/h4-20,22,32H,3,21,23-25H2,1-2H3,(H,36,40)/t32-/m0/s1. The van der Waals surface area contributed by atoms with Gasteiger partial charge in [-0.15, -0.1) is 0 Å². The molecule has 0 aliphatic heterocycles. The Balaban J connectivity index is 1.80. The number of anilines is 1. The minimum Gasteiger partial charge on any atom is -0.354 e. The van der Waals surface area contributed by atoms with Crippen molar-refractivity contribution < 1.29 is 18.0 Å². The molecule has 0 aliphatic rings. The number of sulfonamides is 1. The third kappa shape index (κ3) is 8.24. The number of carbonyl (C=O) groups is 2. The van der Waals surface area contributed by atoms with E-state index in [2.05, 4.69) is 5.32 Å². The fraction of sp³-hybridized carbons (Fsp3) is 0.235. The number of benzene rings is 4. The Morgan fingerprint density at radius 3 is 2.12 bits per heavy atom. The van der Waals surface area contributed by atoms with Gasteiger partial charge in [-0.3, -0.25) is 13.9 Å². The van der Waals surface area contributed by atoms with Gasteiger partial charge in [-0.1, -0.05) is 97.4 Å². The van der Waals surface area contributed by atoms with Crippen LogP contribution >= 0.6 is 11.6 Å². The Hall–Kier alpha value is -4.14. The van der Waals surface area contributed by atoms with Gasteiger partial charge in [0.1, 0.15) is 12.6 Å². The molecule has 7 nitrogen and oxygen atoms in total. The number of rotatable bonds is 13. The molecule has 0 saturated heterocycles. The molecule has 0 bridgehead atoms. The highest BCUT2D eigenvalue weighted by Crippen LogP contribution is 2.27. The van der Waals surface area contributed by atoms with E-state index in [4.69, 9.17) is 11.6 Å². The lowest BCUT2D eigenvalue weighted by atomic mass is 10.0. The van der Waals surface area contributed by atoms with E-state index in [0.717, 1.165) is 21.9 Å². The van der Waals surface area contributed by atoms with Crippen LogP contribution in [0.4, 0.5) is 5.69 Å². The summed E-state index contributed by atoms with van der Waals surface area (Å²) in [6, 6.07) is 30.7. The molecule has 0 aromatic heterocycles. The molecule has 0 radical (unpaired) electrons. The number of para-hydroxylation sites is 1. The third-order valence-electron chi connectivity index (χ3n) is 7.06. The Bertz CT molecular complexity index is 1630. The summed E-state index contributed by atoms with van der Waals surface area (Å²) in [7, 11) is -4.14. The summed E-state index contributed by atoms with van der Waals surface area (Å²) < 4.78 is 29.2. The molecule has 43 heavy (non-hydrogen) atoms. The minimum absolute atomic E-state index is 0.0590. The van der Waals surface area contributed by atoms with Gasteiger partial charge in [0.25, 0.3) is 10.0 Å². The Morgan fingerprint density at radius 2 is 1.47 bits per heavy atom. The highest BCUT2D eigenvalue weighted by atomic mass is 35.5. The molecule has 0 fully saturated rings. The van der Waals surface area contributed by atoms with Crippen LogP contribution in [-0.4, -0.2) is 44.3 Å². The fourth-order valence-electron chi connectivity index (χ4n) is 4.83. The van der Waals surface area contributed by atoms with E-state index in [9.17, 15) is 18.0 Å². The van der Waals surface area contributed by atoms with E-state index in [1.807, 2.05) is 49.4 Å². The van der Waals surface area contributed by atoms with E-state index in [1.54, 1.807) is 61.5 Å². The van der Waals surface area contributed by atoms with Crippen molar-refractivity contribution in [2.24, 2.45) is 0 Å². The molecular weight excluding hydrogens is 582 g/mol. The van der Waals surface area contributed by atoms with Gasteiger partial charge in [0.15, 0.2) is 0 Å². The van der Waals surface area contributed by atoms with Crippen molar-refractivity contribution in [1.29, 1.82) is 0 Å². The van der Waals surface area contributed by atoms with E-state index in [1.165, 1.54) is 17.0 Å². The van der Waals surface area contributed by atoms with Gasteiger partial charge in [0, 0.05) is 24.5 Å². The van der Waals surface area contributed by atoms with Crippen molar-refractivity contribution in [2.45, 2.75) is 44.2 Å². The average Bonchev–Trinajstić information content (AvgIpc) is 3.01. The normalized spacial score (nSPS) is 11.9. The molecule has 224 valence electrons. The number of nitrogens with zero attached hydrogens (tertiary/aromatic N) is 2. The summed E-state index contributed by atoms with van der Waals surface area (Å²) in [6.07, 6.45) is 0.973. The number of carbonyl (C=O) groups excluding carboxylic acids is 2. The monoisotopic (exact) mass is 617 g/mol. The van der Waals surface area contributed by atoms with Crippen molar-refractivity contribution in [3.05, 3.63) is 131 Å². The van der Waals surface area contributed by atoms with Crippen molar-refractivity contribution in [3.63, 3.8) is 0 Å². The molecule has 4 aromatic carbocycles. The van der Waals surface area contributed by atoms with Crippen molar-refractivity contribution in [2.75, 3.05) is 17.4 Å². The van der Waals surface area contributed by atoms with Crippen LogP contribution in [0.3, 0.4) is 0 Å². The number of amides is 2. The Kier molecular flexibility index (Phi) is 11.0. The van der Waals surface area contributed by atoms with Crippen LogP contribution in [0.2, 0.25) is 5.02 Å². The van der Waals surface area contributed by atoms with Gasteiger partial charge in [0.05, 0.1) is 10.6 Å². The molecular formula is C34H36ClN3O4S. The predicted octanol–water partition coefficient (Wildman–Crippen LogP) is 6.01. The molecule has 0 spiro atoms. The Morgan fingerprint density at radius 1 is 0.837 bits per heavy atom. The molecule has 4 rings (SSSR count). The molecule has 1 N–H and O–H groups in total. The van der Waals surface area contributed by atoms with Crippen LogP contribution in [0.15, 0.2) is 114 Å². The molecule has 4 aromatic rings. The fourth-order valence-corrected chi connectivity index (χ4v) is 6.54. The average molecular weight is 618 g/mol. The van der Waals surface area contributed by atoms with E-state index in [0.29, 0.717) is 22.8 Å². The van der Waals surface area contributed by atoms with Crippen LogP contribution in [0, 0.1) is 6.92 Å². The van der Waals surface area contributed by atoms with Crippen molar-refractivity contribution >= 4 is 39.1 Å². The lowest BCUT2D eigenvalue weighted by molar-refractivity contribution is -0.140. The van der Waals surface area contributed by atoms with Crippen LogP contribution < -0.4 is 9.62 Å². The molecule has 1 atom stereocenters. The van der Waals surface area contributed by atoms with Crippen molar-refractivity contribution in [1.82, 2.24) is 10.2 Å². The van der Waals surface area contributed by atoms with Crippen molar-refractivity contribution in [3.8, 4) is 0 Å². The van der Waals surface area contributed by atoms with Gasteiger partial charge < -0.3 is 10.2 Å². The topological polar surface area (TPSA) is 86.8 Å². The van der Waals surface area contributed by atoms with E-state index >= 15 is 0 Å². The molecule has 2 amide bonds. The number of halogens is 1. The summed E-state index contributed by atoms with van der Waals surface area (Å²) in [5.41, 5.74) is 2.67. The SMILES string of the molecule is CCCNC(=O)[C@H](Cc1ccccc1)N(Cc1cccc(Cl)c1)C(=O)CN(c1ccccc1C)S(=O)(=O)c1ccccc1. The smallest absolute Gasteiger partial charge is 0.264 e. The summed E-state index contributed by atoms with van der Waals surface area (Å²) in [5, 5.41) is 3.44. The molecule has 0 unspecified atom stereocenters. The third-order valence-corrected chi connectivity index (χ3v) is 9.07. The molecule has 0 aliphatic carbocycles. The second-order valence-electron chi connectivity index (χ2n) is 10.3. The van der Waals surface area contributed by atoms with Crippen LogP contribution in [0.1, 0.15) is 30.0 Å². The van der Waals surface area contributed by atoms with Gasteiger partial charge in [-0.05, 0) is 60.4 Å². The summed E-state index contributed by atoms with van der Waals surface area (Å²) in [4.78, 5) is 29.6.